The van der Waals surface area contributed by atoms with Crippen molar-refractivity contribution in [1.82, 2.24) is 10.2 Å². The number of carbonyl (C=O) groups is 1. The van der Waals surface area contributed by atoms with Gasteiger partial charge in [0.2, 0.25) is 11.0 Å². The number of carbonyl (C=O) groups excluding carboxylic acids is 1. The molecule has 2 N–H and O–H groups in total. The van der Waals surface area contributed by atoms with Crippen molar-refractivity contribution < 1.29 is 9.53 Å². The summed E-state index contributed by atoms with van der Waals surface area (Å²) in [5.74, 6) is 0.725. The third-order valence-corrected chi connectivity index (χ3v) is 5.46. The van der Waals surface area contributed by atoms with Crippen LogP contribution in [0.15, 0.2) is 58.9 Å². The van der Waals surface area contributed by atoms with Crippen LogP contribution in [0.25, 0.3) is 0 Å². The van der Waals surface area contributed by atoms with E-state index in [0.717, 1.165) is 21.5 Å². The van der Waals surface area contributed by atoms with Gasteiger partial charge < -0.3 is 15.4 Å². The van der Waals surface area contributed by atoms with E-state index >= 15 is 0 Å². The lowest BCUT2D eigenvalue weighted by atomic mass is 10.3. The Labute approximate surface area is 160 Å². The Morgan fingerprint density at radius 1 is 1.08 bits per heavy atom. The van der Waals surface area contributed by atoms with E-state index in [4.69, 9.17) is 4.74 Å². The van der Waals surface area contributed by atoms with E-state index in [-0.39, 0.29) is 11.2 Å². The fourth-order valence-electron chi connectivity index (χ4n) is 2.08. The summed E-state index contributed by atoms with van der Waals surface area (Å²) in [4.78, 5) is 12.3. The Bertz CT molecular complexity index is 853. The summed E-state index contributed by atoms with van der Waals surface area (Å²) in [6.45, 7) is 1.85. The number of anilines is 3. The Kier molecular flexibility index (Phi) is 6.08. The molecule has 1 atom stereocenters. The molecule has 8 heteroatoms. The van der Waals surface area contributed by atoms with Gasteiger partial charge in [0.25, 0.3) is 0 Å². The lowest BCUT2D eigenvalue weighted by Crippen LogP contribution is -2.22. The van der Waals surface area contributed by atoms with Gasteiger partial charge in [0.15, 0.2) is 4.34 Å². The molecule has 0 aliphatic rings. The number of hydrogen-bond acceptors (Lipinski definition) is 7. The van der Waals surface area contributed by atoms with Gasteiger partial charge in [-0.2, -0.15) is 0 Å². The van der Waals surface area contributed by atoms with Crippen molar-refractivity contribution in [3.63, 3.8) is 0 Å². The zero-order chi connectivity index (χ0) is 18.4. The summed E-state index contributed by atoms with van der Waals surface area (Å²) in [5, 5.41) is 14.7. The number of thioether (sulfide) groups is 1. The van der Waals surface area contributed by atoms with Gasteiger partial charge in [-0.3, -0.25) is 4.79 Å². The van der Waals surface area contributed by atoms with Crippen molar-refractivity contribution in [2.75, 3.05) is 17.7 Å². The number of nitrogens with one attached hydrogen (secondary N) is 2. The monoisotopic (exact) mass is 386 g/mol. The van der Waals surface area contributed by atoms with E-state index in [0.29, 0.717) is 5.13 Å². The topological polar surface area (TPSA) is 76.1 Å². The number of para-hydroxylation sites is 1. The van der Waals surface area contributed by atoms with Crippen LogP contribution in [0.4, 0.5) is 16.5 Å². The summed E-state index contributed by atoms with van der Waals surface area (Å²) < 4.78 is 5.87. The number of hydrogen-bond donors (Lipinski definition) is 2. The Morgan fingerprint density at radius 3 is 2.50 bits per heavy atom. The first kappa shape index (κ1) is 18.2. The van der Waals surface area contributed by atoms with Crippen LogP contribution < -0.4 is 15.4 Å². The van der Waals surface area contributed by atoms with Gasteiger partial charge in [0.1, 0.15) is 5.75 Å². The summed E-state index contributed by atoms with van der Waals surface area (Å²) >= 11 is 2.79. The summed E-state index contributed by atoms with van der Waals surface area (Å²) in [6, 6.07) is 16.9. The number of amides is 1. The summed E-state index contributed by atoms with van der Waals surface area (Å²) in [5.41, 5.74) is 1.68. The van der Waals surface area contributed by atoms with E-state index in [1.165, 1.54) is 23.1 Å². The molecule has 0 aliphatic carbocycles. The first-order valence-corrected chi connectivity index (χ1v) is 9.61. The SMILES string of the molecule is COc1ccc(Nc2nnc(S[C@H](C)C(=O)Nc3ccccc3)s2)cc1. The molecule has 0 saturated carbocycles. The van der Waals surface area contributed by atoms with Crippen LogP contribution in [0.3, 0.4) is 0 Å². The normalized spacial score (nSPS) is 11.6. The van der Waals surface area contributed by atoms with Gasteiger partial charge in [-0.05, 0) is 43.3 Å². The van der Waals surface area contributed by atoms with Crippen LogP contribution in [0, 0.1) is 0 Å². The van der Waals surface area contributed by atoms with Crippen molar-refractivity contribution >= 4 is 45.5 Å². The molecule has 134 valence electrons. The highest BCUT2D eigenvalue weighted by Gasteiger charge is 2.17. The number of aromatic nitrogens is 2. The fourth-order valence-corrected chi connectivity index (χ4v) is 3.99. The maximum Gasteiger partial charge on any atom is 0.237 e. The van der Waals surface area contributed by atoms with E-state index < -0.39 is 0 Å². The van der Waals surface area contributed by atoms with E-state index in [2.05, 4.69) is 20.8 Å². The molecule has 3 rings (SSSR count). The van der Waals surface area contributed by atoms with Crippen LogP contribution in [-0.4, -0.2) is 28.5 Å². The lowest BCUT2D eigenvalue weighted by molar-refractivity contribution is -0.115. The number of ether oxygens (including phenoxy) is 1. The molecule has 26 heavy (non-hydrogen) atoms. The molecule has 0 radical (unpaired) electrons. The van der Waals surface area contributed by atoms with Crippen LogP contribution in [0.2, 0.25) is 0 Å². The zero-order valence-corrected chi connectivity index (χ0v) is 15.9. The van der Waals surface area contributed by atoms with Gasteiger partial charge in [-0.1, -0.05) is 41.3 Å². The molecule has 1 amide bonds. The molecular formula is C18H18N4O2S2. The minimum atomic E-state index is -0.281. The second-order valence-electron chi connectivity index (χ2n) is 5.34. The Hall–Kier alpha value is -2.58. The van der Waals surface area contributed by atoms with Gasteiger partial charge >= 0.3 is 0 Å². The molecular weight excluding hydrogens is 368 g/mol. The fraction of sp³-hybridized carbons (Fsp3) is 0.167. The molecule has 0 spiro atoms. The van der Waals surface area contributed by atoms with Crippen molar-refractivity contribution in [3.05, 3.63) is 54.6 Å². The van der Waals surface area contributed by atoms with Crippen LogP contribution in [-0.2, 0) is 4.79 Å². The van der Waals surface area contributed by atoms with E-state index in [1.807, 2.05) is 61.5 Å². The minimum absolute atomic E-state index is 0.0685. The second-order valence-corrected chi connectivity index (χ2v) is 7.91. The third kappa shape index (κ3) is 4.96. The van der Waals surface area contributed by atoms with Crippen molar-refractivity contribution in [3.8, 4) is 5.75 Å². The largest absolute Gasteiger partial charge is 0.497 e. The number of methoxy groups -OCH3 is 1. The van der Waals surface area contributed by atoms with E-state index in [9.17, 15) is 4.79 Å². The summed E-state index contributed by atoms with van der Waals surface area (Å²) in [7, 11) is 1.63. The van der Waals surface area contributed by atoms with E-state index in [1.54, 1.807) is 7.11 Å². The highest BCUT2D eigenvalue weighted by atomic mass is 32.2. The molecule has 6 nitrogen and oxygen atoms in total. The van der Waals surface area contributed by atoms with Gasteiger partial charge in [0.05, 0.1) is 12.4 Å². The molecule has 3 aromatic rings. The molecule has 0 unspecified atom stereocenters. The predicted octanol–water partition coefficient (Wildman–Crippen LogP) is 4.41. The quantitative estimate of drug-likeness (QED) is 0.586. The number of rotatable bonds is 7. The minimum Gasteiger partial charge on any atom is -0.497 e. The average molecular weight is 387 g/mol. The third-order valence-electron chi connectivity index (χ3n) is 3.44. The van der Waals surface area contributed by atoms with Gasteiger partial charge in [-0.15, -0.1) is 10.2 Å². The van der Waals surface area contributed by atoms with Crippen LogP contribution in [0.1, 0.15) is 6.92 Å². The molecule has 1 heterocycles. The molecule has 0 bridgehead atoms. The molecule has 0 saturated heterocycles. The smallest absolute Gasteiger partial charge is 0.237 e. The average Bonchev–Trinajstić information content (AvgIpc) is 3.10. The Balaban J connectivity index is 1.56. The van der Waals surface area contributed by atoms with Gasteiger partial charge in [-0.25, -0.2) is 0 Å². The van der Waals surface area contributed by atoms with Crippen LogP contribution in [0.5, 0.6) is 5.75 Å². The Morgan fingerprint density at radius 2 is 1.81 bits per heavy atom. The van der Waals surface area contributed by atoms with Crippen LogP contribution >= 0.6 is 23.1 Å². The van der Waals surface area contributed by atoms with Crippen molar-refractivity contribution in [2.45, 2.75) is 16.5 Å². The first-order valence-electron chi connectivity index (χ1n) is 7.91. The second kappa shape index (κ2) is 8.68. The maximum absolute atomic E-state index is 12.3. The van der Waals surface area contributed by atoms with Gasteiger partial charge in [0, 0.05) is 11.4 Å². The van der Waals surface area contributed by atoms with Crippen molar-refractivity contribution in [1.29, 1.82) is 0 Å². The first-order chi connectivity index (χ1) is 12.6. The number of benzene rings is 2. The molecule has 2 aromatic carbocycles. The molecule has 0 aliphatic heterocycles. The lowest BCUT2D eigenvalue weighted by Gasteiger charge is -2.09. The molecule has 1 aromatic heterocycles. The number of nitrogens with zero attached hydrogens (tertiary/aromatic N) is 2. The highest BCUT2D eigenvalue weighted by molar-refractivity contribution is 8.02. The maximum atomic E-state index is 12.3. The summed E-state index contributed by atoms with van der Waals surface area (Å²) in [6.07, 6.45) is 0. The zero-order valence-electron chi connectivity index (χ0n) is 14.3. The predicted molar refractivity (Wildman–Crippen MR) is 107 cm³/mol. The highest BCUT2D eigenvalue weighted by Crippen LogP contribution is 2.31. The van der Waals surface area contributed by atoms with Crippen molar-refractivity contribution in [2.24, 2.45) is 0 Å². The molecule has 0 fully saturated rings. The standard InChI is InChI=1S/C18H18N4O2S2/c1-12(16(23)19-13-6-4-3-5-7-13)25-18-22-21-17(26-18)20-14-8-10-15(24-2)11-9-14/h3-12H,1-2H3,(H,19,23)(H,20,21)/t12-/m1/s1.